The molecule has 2 heterocycles. The number of rotatable bonds is 5. The van der Waals surface area contributed by atoms with Crippen LogP contribution < -0.4 is 4.72 Å². The Hall–Kier alpha value is -1.57. The van der Waals surface area contributed by atoms with Gasteiger partial charge in [-0.3, -0.25) is 4.72 Å². The van der Waals surface area contributed by atoms with Gasteiger partial charge in [-0.2, -0.15) is 0 Å². The number of sulfonamides is 1. The van der Waals surface area contributed by atoms with E-state index in [1.165, 1.54) is 18.5 Å². The molecule has 0 spiro atoms. The number of anilines is 1. The first-order valence-electron chi connectivity index (χ1n) is 6.30. The lowest BCUT2D eigenvalue weighted by Gasteiger charge is -2.10. The second kappa shape index (κ2) is 6.05. The van der Waals surface area contributed by atoms with Gasteiger partial charge in [0.1, 0.15) is 4.90 Å². The zero-order valence-corrected chi connectivity index (χ0v) is 13.2. The molecule has 6 nitrogen and oxygen atoms in total. The molecular weight excluding hydrogens is 314 g/mol. The van der Waals surface area contributed by atoms with Crippen molar-refractivity contribution in [2.45, 2.75) is 31.4 Å². The summed E-state index contributed by atoms with van der Waals surface area (Å²) in [5.74, 6) is 0.0713. The first-order valence-corrected chi connectivity index (χ1v) is 8.16. The minimum absolute atomic E-state index is 0.0366. The third kappa shape index (κ3) is 3.37. The van der Waals surface area contributed by atoms with Crippen molar-refractivity contribution in [3.63, 3.8) is 0 Å². The molecule has 0 aromatic carbocycles. The van der Waals surface area contributed by atoms with Crippen molar-refractivity contribution in [3.8, 4) is 0 Å². The van der Waals surface area contributed by atoms with Gasteiger partial charge in [-0.25, -0.2) is 13.4 Å². The fourth-order valence-corrected chi connectivity index (χ4v) is 3.20. The van der Waals surface area contributed by atoms with Crippen LogP contribution >= 0.6 is 11.6 Å². The number of pyridine rings is 1. The average Bonchev–Trinajstić information content (AvgIpc) is 2.86. The van der Waals surface area contributed by atoms with Crippen LogP contribution in [-0.4, -0.2) is 23.1 Å². The monoisotopic (exact) mass is 329 g/mol. The van der Waals surface area contributed by atoms with Crippen molar-refractivity contribution in [1.29, 1.82) is 0 Å². The molecule has 2 aromatic rings. The van der Waals surface area contributed by atoms with E-state index in [2.05, 4.69) is 9.71 Å². The van der Waals surface area contributed by atoms with E-state index in [1.807, 2.05) is 13.8 Å². The van der Waals surface area contributed by atoms with E-state index in [1.54, 1.807) is 16.7 Å². The van der Waals surface area contributed by atoms with Gasteiger partial charge in [0.2, 0.25) is 0 Å². The number of aliphatic hydroxyl groups excluding tert-OH is 1. The Morgan fingerprint density at radius 1 is 1.48 bits per heavy atom. The van der Waals surface area contributed by atoms with Crippen molar-refractivity contribution in [2.24, 2.45) is 0 Å². The fraction of sp³-hybridized carbons (Fsp3) is 0.308. The van der Waals surface area contributed by atoms with Gasteiger partial charge in [0.15, 0.2) is 5.82 Å². The molecule has 0 fully saturated rings. The molecule has 0 saturated heterocycles. The fourth-order valence-electron chi connectivity index (χ4n) is 1.90. The summed E-state index contributed by atoms with van der Waals surface area (Å²) in [7, 11) is -3.81. The summed E-state index contributed by atoms with van der Waals surface area (Å²) in [6.45, 7) is 3.56. The van der Waals surface area contributed by atoms with Crippen LogP contribution in [0.3, 0.4) is 0 Å². The Bertz CT molecular complexity index is 741. The van der Waals surface area contributed by atoms with Crippen molar-refractivity contribution < 1.29 is 13.5 Å². The smallest absolute Gasteiger partial charge is 0.264 e. The molecule has 0 aliphatic heterocycles. The average molecular weight is 330 g/mol. The minimum atomic E-state index is -3.81. The lowest BCUT2D eigenvalue weighted by molar-refractivity contribution is 0.268. The van der Waals surface area contributed by atoms with Crippen LogP contribution in [0.5, 0.6) is 0 Å². The quantitative estimate of drug-likeness (QED) is 0.882. The summed E-state index contributed by atoms with van der Waals surface area (Å²) >= 11 is 5.90. The van der Waals surface area contributed by atoms with Crippen LogP contribution in [0.15, 0.2) is 35.5 Å². The van der Waals surface area contributed by atoms with Crippen LogP contribution in [0.4, 0.5) is 5.82 Å². The maximum absolute atomic E-state index is 12.4. The molecule has 0 radical (unpaired) electrons. The Morgan fingerprint density at radius 2 is 2.19 bits per heavy atom. The predicted molar refractivity (Wildman–Crippen MR) is 80.8 cm³/mol. The highest BCUT2D eigenvalue weighted by molar-refractivity contribution is 7.92. The molecule has 114 valence electrons. The molecule has 0 aliphatic carbocycles. The topological polar surface area (TPSA) is 84.2 Å². The van der Waals surface area contributed by atoms with E-state index in [9.17, 15) is 13.5 Å². The summed E-state index contributed by atoms with van der Waals surface area (Å²) in [6, 6.07) is 4.62. The molecule has 0 aliphatic rings. The zero-order chi connectivity index (χ0) is 15.6. The van der Waals surface area contributed by atoms with Crippen LogP contribution in [0.1, 0.15) is 25.6 Å². The zero-order valence-electron chi connectivity index (χ0n) is 11.6. The Kier molecular flexibility index (Phi) is 4.55. The van der Waals surface area contributed by atoms with Crippen LogP contribution in [0.25, 0.3) is 0 Å². The van der Waals surface area contributed by atoms with Gasteiger partial charge in [-0.05, 0) is 32.0 Å². The maximum atomic E-state index is 12.4. The first-order chi connectivity index (χ1) is 9.85. The molecule has 0 atom stereocenters. The Balaban J connectivity index is 2.38. The molecule has 2 aromatic heterocycles. The normalized spacial score (nSPS) is 11.9. The van der Waals surface area contributed by atoms with Gasteiger partial charge < -0.3 is 9.67 Å². The second-order valence-electron chi connectivity index (χ2n) is 4.77. The highest BCUT2D eigenvalue weighted by Crippen LogP contribution is 2.24. The third-order valence-electron chi connectivity index (χ3n) is 2.92. The number of nitrogens with one attached hydrogen (secondary N) is 1. The van der Waals surface area contributed by atoms with Crippen LogP contribution in [-0.2, 0) is 16.6 Å². The summed E-state index contributed by atoms with van der Waals surface area (Å²) < 4.78 is 28.7. The second-order valence-corrected chi connectivity index (χ2v) is 6.86. The lowest BCUT2D eigenvalue weighted by Crippen LogP contribution is -2.13. The number of halogens is 1. The highest BCUT2D eigenvalue weighted by atomic mass is 35.5. The molecule has 21 heavy (non-hydrogen) atoms. The Labute approximate surface area is 128 Å². The van der Waals surface area contributed by atoms with Gasteiger partial charge in [0.05, 0.1) is 11.6 Å². The van der Waals surface area contributed by atoms with E-state index in [-0.39, 0.29) is 28.4 Å². The van der Waals surface area contributed by atoms with E-state index < -0.39 is 10.0 Å². The summed E-state index contributed by atoms with van der Waals surface area (Å²) in [6.07, 6.45) is 2.93. The van der Waals surface area contributed by atoms with Gasteiger partial charge in [-0.15, -0.1) is 0 Å². The van der Waals surface area contributed by atoms with E-state index in [0.717, 1.165) is 0 Å². The molecule has 2 rings (SSSR count). The first kappa shape index (κ1) is 15.8. The van der Waals surface area contributed by atoms with Gasteiger partial charge in [-0.1, -0.05) is 11.6 Å². The number of aromatic nitrogens is 2. The van der Waals surface area contributed by atoms with Gasteiger partial charge in [0, 0.05) is 24.1 Å². The number of hydrogen-bond acceptors (Lipinski definition) is 4. The molecule has 0 unspecified atom stereocenters. The molecule has 8 heteroatoms. The highest BCUT2D eigenvalue weighted by Gasteiger charge is 2.20. The molecule has 0 saturated carbocycles. The Morgan fingerprint density at radius 3 is 2.71 bits per heavy atom. The molecule has 0 amide bonds. The minimum Gasteiger partial charge on any atom is -0.390 e. The maximum Gasteiger partial charge on any atom is 0.264 e. The van der Waals surface area contributed by atoms with Crippen molar-refractivity contribution in [3.05, 3.63) is 41.3 Å². The SMILES string of the molecule is CC(C)n1cc(S(=O)(=O)Nc2ncccc2Cl)cc1CO. The summed E-state index contributed by atoms with van der Waals surface area (Å²) in [4.78, 5) is 3.95. The van der Waals surface area contributed by atoms with Crippen LogP contribution in [0.2, 0.25) is 5.02 Å². The number of nitrogens with zero attached hydrogens (tertiary/aromatic N) is 2. The van der Waals surface area contributed by atoms with Gasteiger partial charge >= 0.3 is 0 Å². The summed E-state index contributed by atoms with van der Waals surface area (Å²) in [5, 5.41) is 9.53. The van der Waals surface area contributed by atoms with Gasteiger partial charge in [0.25, 0.3) is 10.0 Å². The number of aliphatic hydroxyl groups is 1. The van der Waals surface area contributed by atoms with Crippen molar-refractivity contribution in [1.82, 2.24) is 9.55 Å². The lowest BCUT2D eigenvalue weighted by atomic mass is 10.3. The molecule has 2 N–H and O–H groups in total. The molecular formula is C13H16ClN3O3S. The largest absolute Gasteiger partial charge is 0.390 e. The predicted octanol–water partition coefficient (Wildman–Crippen LogP) is 2.41. The van der Waals surface area contributed by atoms with E-state index in [0.29, 0.717) is 5.69 Å². The molecule has 0 bridgehead atoms. The number of hydrogen-bond donors (Lipinski definition) is 2. The van der Waals surface area contributed by atoms with Crippen LogP contribution in [0, 0.1) is 0 Å². The van der Waals surface area contributed by atoms with E-state index >= 15 is 0 Å². The van der Waals surface area contributed by atoms with Crippen molar-refractivity contribution in [2.75, 3.05) is 4.72 Å². The third-order valence-corrected chi connectivity index (χ3v) is 4.54. The standard InChI is InChI=1S/C13H16ClN3O3S/c1-9(2)17-7-11(6-10(17)8-18)21(19,20)16-13-12(14)4-3-5-15-13/h3-7,9,18H,8H2,1-2H3,(H,15,16). The summed E-state index contributed by atoms with van der Waals surface area (Å²) in [5.41, 5.74) is 0.525. The van der Waals surface area contributed by atoms with Crippen molar-refractivity contribution >= 4 is 27.4 Å². The van der Waals surface area contributed by atoms with E-state index in [4.69, 9.17) is 11.6 Å².